The zero-order chi connectivity index (χ0) is 35.9. The Balaban J connectivity index is 0.000000162. The van der Waals surface area contributed by atoms with Gasteiger partial charge in [-0.3, -0.25) is 9.97 Å². The first-order valence-corrected chi connectivity index (χ1v) is 19.2. The van der Waals surface area contributed by atoms with Crippen LogP contribution in [-0.4, -0.2) is 30.1 Å². The van der Waals surface area contributed by atoms with Crippen LogP contribution in [0.25, 0.3) is 67.5 Å². The van der Waals surface area contributed by atoms with Crippen LogP contribution in [0.5, 0.6) is 0 Å². The maximum Gasteiger partial charge on any atom is 0.182 e. The third kappa shape index (κ3) is 8.65. The first-order chi connectivity index (χ1) is 25.4. The summed E-state index contributed by atoms with van der Waals surface area (Å²) in [4.78, 5) is 17.9. The van der Waals surface area contributed by atoms with Crippen molar-refractivity contribution >= 4 is 63.7 Å². The molecule has 0 atom stereocenters. The molecule has 0 amide bonds. The summed E-state index contributed by atoms with van der Waals surface area (Å²) in [7, 11) is 0. The van der Waals surface area contributed by atoms with Gasteiger partial charge >= 0.3 is 0 Å². The molecule has 8 rings (SSSR count). The Labute approximate surface area is 335 Å². The molecule has 0 bridgehead atoms. The minimum atomic E-state index is 0.575. The maximum atomic E-state index is 4.99. The van der Waals surface area contributed by atoms with E-state index in [9.17, 15) is 0 Å². The SMILES string of the molecule is Brc1ccc(-c2ccc(-c3ccncc3)nc2-c2ccc(Br)cc2)cc1.Brc1ccc(-c2nnc(-c3ccncc3)nc2-c2ccc(Br)cc2)cc1. The van der Waals surface area contributed by atoms with Crippen LogP contribution in [-0.2, 0) is 0 Å². The van der Waals surface area contributed by atoms with Crippen LogP contribution in [0.1, 0.15) is 0 Å². The van der Waals surface area contributed by atoms with Crippen molar-refractivity contribution in [1.29, 1.82) is 0 Å². The van der Waals surface area contributed by atoms with Gasteiger partial charge in [0, 0.05) is 76.1 Å². The number of hydrogen-bond acceptors (Lipinski definition) is 6. The van der Waals surface area contributed by atoms with Crippen molar-refractivity contribution in [2.75, 3.05) is 0 Å². The monoisotopic (exact) mass is 930 g/mol. The molecule has 0 N–H and O–H groups in total. The number of rotatable bonds is 6. The molecule has 0 saturated carbocycles. The summed E-state index contributed by atoms with van der Waals surface area (Å²) < 4.78 is 4.15. The van der Waals surface area contributed by atoms with Gasteiger partial charge in [0.25, 0.3) is 0 Å². The molecular formula is C42H26Br4N6. The summed E-state index contributed by atoms with van der Waals surface area (Å²) in [5.74, 6) is 0.575. The molecular weight excluding hydrogens is 908 g/mol. The quantitative estimate of drug-likeness (QED) is 0.165. The van der Waals surface area contributed by atoms with E-state index in [1.165, 1.54) is 0 Å². The second-order valence-electron chi connectivity index (χ2n) is 11.4. The van der Waals surface area contributed by atoms with Gasteiger partial charge in [0.05, 0.1) is 11.4 Å². The van der Waals surface area contributed by atoms with Gasteiger partial charge in [-0.1, -0.05) is 118 Å². The topological polar surface area (TPSA) is 77.3 Å². The second-order valence-corrected chi connectivity index (χ2v) is 15.1. The molecule has 0 spiro atoms. The Morgan fingerprint density at radius 3 is 1.23 bits per heavy atom. The Morgan fingerprint density at radius 2 is 0.731 bits per heavy atom. The van der Waals surface area contributed by atoms with Crippen LogP contribution in [0.4, 0.5) is 0 Å². The van der Waals surface area contributed by atoms with E-state index in [-0.39, 0.29) is 0 Å². The number of aromatic nitrogens is 6. The van der Waals surface area contributed by atoms with Crippen molar-refractivity contribution in [3.63, 3.8) is 0 Å². The number of nitrogens with zero attached hydrogens (tertiary/aromatic N) is 6. The molecule has 0 radical (unpaired) electrons. The van der Waals surface area contributed by atoms with Crippen LogP contribution in [0.2, 0.25) is 0 Å². The minimum absolute atomic E-state index is 0.575. The molecule has 0 aliphatic heterocycles. The van der Waals surface area contributed by atoms with Gasteiger partial charge in [0.1, 0.15) is 11.4 Å². The van der Waals surface area contributed by atoms with Crippen LogP contribution in [0, 0.1) is 0 Å². The smallest absolute Gasteiger partial charge is 0.182 e. The van der Waals surface area contributed by atoms with Gasteiger partial charge in [-0.2, -0.15) is 0 Å². The highest BCUT2D eigenvalue weighted by Gasteiger charge is 2.15. The predicted molar refractivity (Wildman–Crippen MR) is 223 cm³/mol. The Bertz CT molecular complexity index is 2240. The second kappa shape index (κ2) is 16.7. The molecule has 4 aromatic carbocycles. The van der Waals surface area contributed by atoms with Gasteiger partial charge in [-0.25, -0.2) is 9.97 Å². The zero-order valence-electron chi connectivity index (χ0n) is 27.2. The summed E-state index contributed by atoms with van der Waals surface area (Å²) >= 11 is 14.0. The lowest BCUT2D eigenvalue weighted by molar-refractivity contribution is 0.990. The van der Waals surface area contributed by atoms with Gasteiger partial charge in [0.15, 0.2) is 5.82 Å². The fourth-order valence-corrected chi connectivity index (χ4v) is 6.45. The third-order valence-corrected chi connectivity index (χ3v) is 10.1. The normalized spacial score (nSPS) is 10.7. The third-order valence-electron chi connectivity index (χ3n) is 8.00. The molecule has 0 unspecified atom stereocenters. The first kappa shape index (κ1) is 35.7. The highest BCUT2D eigenvalue weighted by Crippen LogP contribution is 2.35. The van der Waals surface area contributed by atoms with E-state index in [4.69, 9.17) is 9.97 Å². The molecule has 0 aliphatic carbocycles. The number of hydrogen-bond donors (Lipinski definition) is 0. The number of halogens is 4. The predicted octanol–water partition coefficient (Wildman–Crippen LogP) is 12.8. The van der Waals surface area contributed by atoms with Gasteiger partial charge in [-0.05, 0) is 84.4 Å². The molecule has 4 heterocycles. The van der Waals surface area contributed by atoms with Crippen molar-refractivity contribution in [3.8, 4) is 67.5 Å². The molecule has 0 saturated heterocycles. The van der Waals surface area contributed by atoms with Crippen LogP contribution in [0.15, 0.2) is 176 Å². The number of benzene rings is 4. The summed E-state index contributed by atoms with van der Waals surface area (Å²) in [6, 6.07) is 44.5. The molecule has 252 valence electrons. The van der Waals surface area contributed by atoms with Crippen molar-refractivity contribution in [2.45, 2.75) is 0 Å². The molecule has 0 fully saturated rings. The fourth-order valence-electron chi connectivity index (χ4n) is 5.39. The summed E-state index contributed by atoms with van der Waals surface area (Å²) in [5.41, 5.74) is 10.7. The maximum absolute atomic E-state index is 4.99. The lowest BCUT2D eigenvalue weighted by Crippen LogP contribution is -2.00. The molecule has 52 heavy (non-hydrogen) atoms. The Morgan fingerprint density at radius 1 is 0.308 bits per heavy atom. The molecule has 0 aliphatic rings. The van der Waals surface area contributed by atoms with E-state index in [2.05, 4.69) is 132 Å². The first-order valence-electron chi connectivity index (χ1n) is 16.0. The molecule has 8 aromatic rings. The van der Waals surface area contributed by atoms with Crippen molar-refractivity contribution in [3.05, 3.63) is 176 Å². The molecule has 4 aromatic heterocycles. The van der Waals surface area contributed by atoms with Crippen molar-refractivity contribution in [2.24, 2.45) is 0 Å². The van der Waals surface area contributed by atoms with E-state index < -0.39 is 0 Å². The van der Waals surface area contributed by atoms with Crippen LogP contribution in [0.3, 0.4) is 0 Å². The van der Waals surface area contributed by atoms with E-state index >= 15 is 0 Å². The number of pyridine rings is 3. The average molecular weight is 934 g/mol. The van der Waals surface area contributed by atoms with Crippen LogP contribution >= 0.6 is 63.7 Å². The van der Waals surface area contributed by atoms with Crippen molar-refractivity contribution in [1.82, 2.24) is 30.1 Å². The average Bonchev–Trinajstić information content (AvgIpc) is 3.20. The van der Waals surface area contributed by atoms with Crippen LogP contribution < -0.4 is 0 Å². The minimum Gasteiger partial charge on any atom is -0.265 e. The van der Waals surface area contributed by atoms with E-state index in [1.807, 2.05) is 84.9 Å². The summed E-state index contributed by atoms with van der Waals surface area (Å²) in [5, 5.41) is 8.84. The highest BCUT2D eigenvalue weighted by molar-refractivity contribution is 9.11. The van der Waals surface area contributed by atoms with E-state index in [1.54, 1.807) is 24.8 Å². The highest BCUT2D eigenvalue weighted by atomic mass is 79.9. The molecule has 6 nitrogen and oxygen atoms in total. The summed E-state index contributed by atoms with van der Waals surface area (Å²) in [6.45, 7) is 0. The van der Waals surface area contributed by atoms with Crippen molar-refractivity contribution < 1.29 is 0 Å². The standard InChI is InChI=1S/C22H14Br2N2.C20H12Br2N4/c23-18-5-1-15(2-6-18)20-9-10-21(16-11-13-25-14-12-16)26-22(20)17-3-7-19(24)8-4-17;21-16-5-1-13(2-6-16)18-19(14-3-7-17(22)8-4-14)25-26-20(24-18)15-9-11-23-12-10-15/h1-14H;1-12H. The van der Waals surface area contributed by atoms with Gasteiger partial charge in [0.2, 0.25) is 0 Å². The largest absolute Gasteiger partial charge is 0.265 e. The summed E-state index contributed by atoms with van der Waals surface area (Å²) in [6.07, 6.45) is 7.03. The van der Waals surface area contributed by atoms with Gasteiger partial charge in [-0.15, -0.1) is 10.2 Å². The Hall–Kier alpha value is -4.74. The lowest BCUT2D eigenvalue weighted by atomic mass is 9.98. The lowest BCUT2D eigenvalue weighted by Gasteiger charge is -2.12. The van der Waals surface area contributed by atoms with E-state index in [0.717, 1.165) is 79.6 Å². The molecule has 10 heteroatoms. The Kier molecular flexibility index (Phi) is 11.5. The van der Waals surface area contributed by atoms with Gasteiger partial charge < -0.3 is 0 Å². The van der Waals surface area contributed by atoms with E-state index in [0.29, 0.717) is 5.82 Å². The zero-order valence-corrected chi connectivity index (χ0v) is 33.6. The fraction of sp³-hybridized carbons (Fsp3) is 0.